The van der Waals surface area contributed by atoms with E-state index in [4.69, 9.17) is 14.2 Å². The first-order valence-electron chi connectivity index (χ1n) is 12.7. The zero-order valence-corrected chi connectivity index (χ0v) is 20.8. The summed E-state index contributed by atoms with van der Waals surface area (Å²) in [6.07, 6.45) is 11.6. The summed E-state index contributed by atoms with van der Waals surface area (Å²) in [6.45, 7) is 7.12. The minimum Gasteiger partial charge on any atom is -0.462 e. The molecule has 0 saturated carbocycles. The second-order valence-corrected chi connectivity index (χ2v) is 8.32. The third kappa shape index (κ3) is 11.4. The van der Waals surface area contributed by atoms with Crippen LogP contribution in [0.3, 0.4) is 0 Å². The fourth-order valence-electron chi connectivity index (χ4n) is 3.42. The molecule has 0 aliphatic carbocycles. The number of carbonyl (C=O) groups is 3. The Hall–Kier alpha value is -2.37. The summed E-state index contributed by atoms with van der Waals surface area (Å²) in [5.41, 5.74) is 0.0269. The monoisotopic (exact) mass is 462 g/mol. The predicted molar refractivity (Wildman–Crippen MR) is 130 cm³/mol. The fraction of sp³-hybridized carbons (Fsp3) is 0.667. The van der Waals surface area contributed by atoms with Crippen LogP contribution in [-0.2, 0) is 14.2 Å². The quantitative estimate of drug-likeness (QED) is 0.134. The predicted octanol–water partition coefficient (Wildman–Crippen LogP) is 6.90. The van der Waals surface area contributed by atoms with Crippen molar-refractivity contribution in [3.8, 4) is 0 Å². The summed E-state index contributed by atoms with van der Waals surface area (Å²) in [5, 5.41) is 0. The van der Waals surface area contributed by atoms with Gasteiger partial charge in [0.25, 0.3) is 0 Å². The Kier molecular flexibility index (Phi) is 15.7. The summed E-state index contributed by atoms with van der Waals surface area (Å²) in [7, 11) is 0. The van der Waals surface area contributed by atoms with Gasteiger partial charge in [-0.05, 0) is 31.4 Å². The van der Waals surface area contributed by atoms with Crippen molar-refractivity contribution in [1.29, 1.82) is 0 Å². The van der Waals surface area contributed by atoms with Crippen LogP contribution in [0, 0.1) is 0 Å². The summed E-state index contributed by atoms with van der Waals surface area (Å²) in [5.74, 6) is -1.94. The van der Waals surface area contributed by atoms with E-state index in [1.807, 2.05) is 0 Å². The van der Waals surface area contributed by atoms with Gasteiger partial charge in [-0.2, -0.15) is 0 Å². The van der Waals surface area contributed by atoms with Crippen molar-refractivity contribution in [1.82, 2.24) is 0 Å². The maximum atomic E-state index is 12.9. The van der Waals surface area contributed by atoms with Crippen LogP contribution in [0.15, 0.2) is 18.2 Å². The average molecular weight is 463 g/mol. The number of ether oxygens (including phenoxy) is 3. The Morgan fingerprint density at radius 1 is 0.545 bits per heavy atom. The number of carbonyl (C=O) groups excluding carboxylic acids is 3. The van der Waals surface area contributed by atoms with E-state index in [9.17, 15) is 14.4 Å². The number of esters is 3. The van der Waals surface area contributed by atoms with Gasteiger partial charge in [0, 0.05) is 0 Å². The van der Waals surface area contributed by atoms with Crippen molar-refractivity contribution >= 4 is 17.9 Å². The van der Waals surface area contributed by atoms with E-state index in [1.54, 1.807) is 6.07 Å². The van der Waals surface area contributed by atoms with Crippen molar-refractivity contribution in [2.45, 2.75) is 97.8 Å². The van der Waals surface area contributed by atoms with Crippen molar-refractivity contribution in [3.05, 3.63) is 34.9 Å². The van der Waals surface area contributed by atoms with Gasteiger partial charge in [-0.3, -0.25) is 0 Å². The molecule has 0 unspecified atom stereocenters. The number of benzene rings is 1. The highest BCUT2D eigenvalue weighted by Gasteiger charge is 2.27. The van der Waals surface area contributed by atoms with Crippen LogP contribution in [0.25, 0.3) is 0 Å². The molecule has 0 aliphatic rings. The number of unbranched alkanes of at least 4 members (excludes halogenated alkanes) is 9. The Morgan fingerprint density at radius 3 is 1.27 bits per heavy atom. The molecule has 6 nitrogen and oxygen atoms in total. The smallest absolute Gasteiger partial charge is 0.339 e. The lowest BCUT2D eigenvalue weighted by Crippen LogP contribution is -2.20. The molecule has 186 valence electrons. The molecule has 0 aliphatic heterocycles. The molecular formula is C27H42O6. The van der Waals surface area contributed by atoms with Gasteiger partial charge in [0.1, 0.15) is 0 Å². The lowest BCUT2D eigenvalue weighted by Gasteiger charge is -2.14. The van der Waals surface area contributed by atoms with Gasteiger partial charge in [0.2, 0.25) is 0 Å². The van der Waals surface area contributed by atoms with Crippen LogP contribution in [0.1, 0.15) is 129 Å². The highest BCUT2D eigenvalue weighted by molar-refractivity contribution is 6.10. The third-order valence-electron chi connectivity index (χ3n) is 5.40. The van der Waals surface area contributed by atoms with E-state index < -0.39 is 17.9 Å². The Balaban J connectivity index is 2.94. The molecule has 0 spiro atoms. The molecule has 1 aromatic carbocycles. The van der Waals surface area contributed by atoms with Gasteiger partial charge in [-0.1, -0.05) is 84.6 Å². The topological polar surface area (TPSA) is 78.9 Å². The zero-order valence-electron chi connectivity index (χ0n) is 20.8. The first-order valence-corrected chi connectivity index (χ1v) is 12.7. The molecular weight excluding hydrogens is 420 g/mol. The average Bonchev–Trinajstić information content (AvgIpc) is 2.82. The van der Waals surface area contributed by atoms with Crippen molar-refractivity contribution in [2.75, 3.05) is 19.8 Å². The zero-order chi connectivity index (χ0) is 24.3. The molecule has 6 heteroatoms. The number of hydrogen-bond donors (Lipinski definition) is 0. The van der Waals surface area contributed by atoms with Gasteiger partial charge in [0.15, 0.2) is 0 Å². The van der Waals surface area contributed by atoms with E-state index in [-0.39, 0.29) is 36.5 Å². The largest absolute Gasteiger partial charge is 0.462 e. The second-order valence-electron chi connectivity index (χ2n) is 8.32. The minimum absolute atomic E-state index is 0.0458. The van der Waals surface area contributed by atoms with Crippen LogP contribution in [0.2, 0.25) is 0 Å². The molecule has 0 N–H and O–H groups in total. The van der Waals surface area contributed by atoms with Crippen LogP contribution >= 0.6 is 0 Å². The van der Waals surface area contributed by atoms with E-state index in [2.05, 4.69) is 20.8 Å². The van der Waals surface area contributed by atoms with Crippen LogP contribution in [-0.4, -0.2) is 37.7 Å². The maximum Gasteiger partial charge on any atom is 0.339 e. The highest BCUT2D eigenvalue weighted by atomic mass is 16.5. The second kappa shape index (κ2) is 18.1. The molecule has 0 fully saturated rings. The SMILES string of the molecule is CCCCCCOC(=O)c1cccc(C(=O)OCCCCCC)c1C(=O)OCCCCCC. The lowest BCUT2D eigenvalue weighted by molar-refractivity contribution is 0.0430. The van der Waals surface area contributed by atoms with E-state index in [1.165, 1.54) is 12.1 Å². The fourth-order valence-corrected chi connectivity index (χ4v) is 3.42. The Morgan fingerprint density at radius 2 is 0.909 bits per heavy atom. The van der Waals surface area contributed by atoms with Crippen molar-refractivity contribution < 1.29 is 28.6 Å². The number of rotatable bonds is 18. The summed E-state index contributed by atoms with van der Waals surface area (Å²) in [6, 6.07) is 4.57. The Labute approximate surface area is 199 Å². The molecule has 0 bridgehead atoms. The molecule has 0 radical (unpaired) electrons. The third-order valence-corrected chi connectivity index (χ3v) is 5.40. The van der Waals surface area contributed by atoms with Gasteiger partial charge in [0.05, 0.1) is 36.5 Å². The highest BCUT2D eigenvalue weighted by Crippen LogP contribution is 2.20. The van der Waals surface area contributed by atoms with Gasteiger partial charge < -0.3 is 14.2 Å². The molecule has 0 amide bonds. The first kappa shape index (κ1) is 28.7. The van der Waals surface area contributed by atoms with Crippen LogP contribution < -0.4 is 0 Å². The van der Waals surface area contributed by atoms with Gasteiger partial charge in [-0.25, -0.2) is 14.4 Å². The van der Waals surface area contributed by atoms with Gasteiger partial charge in [-0.15, -0.1) is 0 Å². The molecule has 0 saturated heterocycles. The standard InChI is InChI=1S/C27H42O6/c1-4-7-10-13-19-31-25(28)22-17-16-18-23(26(29)32-20-14-11-8-5-2)24(22)27(30)33-21-15-12-9-6-3/h16-18H,4-15,19-21H2,1-3H3. The Bertz CT molecular complexity index is 668. The molecule has 1 rings (SSSR count). The summed E-state index contributed by atoms with van der Waals surface area (Å²) < 4.78 is 16.2. The van der Waals surface area contributed by atoms with Gasteiger partial charge >= 0.3 is 17.9 Å². The van der Waals surface area contributed by atoms with E-state index in [0.717, 1.165) is 77.0 Å². The van der Waals surface area contributed by atoms with Crippen molar-refractivity contribution in [3.63, 3.8) is 0 Å². The molecule has 33 heavy (non-hydrogen) atoms. The number of hydrogen-bond acceptors (Lipinski definition) is 6. The normalized spacial score (nSPS) is 10.6. The molecule has 0 heterocycles. The van der Waals surface area contributed by atoms with Crippen molar-refractivity contribution in [2.24, 2.45) is 0 Å². The van der Waals surface area contributed by atoms with E-state index >= 15 is 0 Å². The molecule has 1 aromatic rings. The van der Waals surface area contributed by atoms with E-state index in [0.29, 0.717) is 0 Å². The summed E-state index contributed by atoms with van der Waals surface area (Å²) >= 11 is 0. The lowest BCUT2D eigenvalue weighted by atomic mass is 10.0. The molecule has 0 atom stereocenters. The summed E-state index contributed by atoms with van der Waals surface area (Å²) in [4.78, 5) is 38.4. The minimum atomic E-state index is -0.692. The maximum absolute atomic E-state index is 12.9. The van der Waals surface area contributed by atoms with Crippen LogP contribution in [0.4, 0.5) is 0 Å². The van der Waals surface area contributed by atoms with Crippen LogP contribution in [0.5, 0.6) is 0 Å². The first-order chi connectivity index (χ1) is 16.1. The molecule has 0 aromatic heterocycles.